The molecule has 2 amide bonds. The van der Waals surface area contributed by atoms with Gasteiger partial charge in [0.1, 0.15) is 6.10 Å². The number of sulfonamides is 1. The van der Waals surface area contributed by atoms with Gasteiger partial charge in [-0.05, 0) is 37.1 Å². The van der Waals surface area contributed by atoms with E-state index in [1.807, 2.05) is 4.90 Å². The van der Waals surface area contributed by atoms with Crippen molar-refractivity contribution >= 4 is 27.5 Å². The van der Waals surface area contributed by atoms with E-state index in [-0.39, 0.29) is 22.8 Å². The van der Waals surface area contributed by atoms with Gasteiger partial charge < -0.3 is 19.9 Å². The summed E-state index contributed by atoms with van der Waals surface area (Å²) in [6.45, 7) is 3.64. The first-order valence-corrected chi connectivity index (χ1v) is 11.3. The smallest absolute Gasteiger partial charge is 0.279 e. The van der Waals surface area contributed by atoms with Crippen LogP contribution in [0.15, 0.2) is 29.2 Å². The van der Waals surface area contributed by atoms with Crippen LogP contribution in [0.4, 0.5) is 5.69 Å². The summed E-state index contributed by atoms with van der Waals surface area (Å²) in [6, 6.07) is 6.13. The Bertz CT molecular complexity index is 827. The molecule has 9 nitrogen and oxygen atoms in total. The number of hydrogen-bond acceptors (Lipinski definition) is 5. The molecule has 1 atom stereocenters. The van der Waals surface area contributed by atoms with Crippen LogP contribution in [0.2, 0.25) is 0 Å². The van der Waals surface area contributed by atoms with Crippen LogP contribution < -0.4 is 10.2 Å². The van der Waals surface area contributed by atoms with Gasteiger partial charge in [0, 0.05) is 26.4 Å². The number of nitrogens with one attached hydrogen (secondary N) is 2. The fourth-order valence-corrected chi connectivity index (χ4v) is 4.45. The van der Waals surface area contributed by atoms with Gasteiger partial charge in [-0.3, -0.25) is 9.59 Å². The molecule has 0 radical (unpaired) electrons. The fourth-order valence-electron chi connectivity index (χ4n) is 3.55. The van der Waals surface area contributed by atoms with Gasteiger partial charge in [0.15, 0.2) is 6.54 Å². The van der Waals surface area contributed by atoms with E-state index in [1.54, 1.807) is 12.1 Å². The number of hydrogen-bond donors (Lipinski definition) is 2. The average molecular weight is 426 g/mol. The van der Waals surface area contributed by atoms with Crippen molar-refractivity contribution < 1.29 is 27.6 Å². The molecule has 29 heavy (non-hydrogen) atoms. The molecule has 0 saturated carbocycles. The Labute approximate surface area is 171 Å². The zero-order valence-corrected chi connectivity index (χ0v) is 17.7. The molecule has 0 spiro atoms. The van der Waals surface area contributed by atoms with E-state index in [0.29, 0.717) is 45.0 Å². The maximum atomic E-state index is 12.4. The number of carbonyl (C=O) groups excluding carboxylic acids is 2. The van der Waals surface area contributed by atoms with Gasteiger partial charge in [-0.2, -0.15) is 0 Å². The van der Waals surface area contributed by atoms with Crippen LogP contribution in [0.25, 0.3) is 0 Å². The van der Waals surface area contributed by atoms with Crippen LogP contribution in [0, 0.1) is 0 Å². The van der Waals surface area contributed by atoms with Crippen molar-refractivity contribution in [3.63, 3.8) is 0 Å². The van der Waals surface area contributed by atoms with Gasteiger partial charge in [-0.15, -0.1) is 0 Å². The molecule has 0 bridgehead atoms. The SMILES string of the molecule is CN(C)S(=O)(=O)c1ccc(NC(=O)C[NH+]2CCN(C(=O)[C@H]3CCCO3)CC2)cc1. The van der Waals surface area contributed by atoms with Crippen LogP contribution in [-0.2, 0) is 24.3 Å². The molecule has 160 valence electrons. The molecule has 2 fully saturated rings. The minimum atomic E-state index is -3.49. The first-order chi connectivity index (χ1) is 13.8. The van der Waals surface area contributed by atoms with E-state index < -0.39 is 10.0 Å². The van der Waals surface area contributed by atoms with E-state index in [0.717, 1.165) is 22.0 Å². The highest BCUT2D eigenvalue weighted by molar-refractivity contribution is 7.89. The zero-order valence-electron chi connectivity index (χ0n) is 16.9. The number of benzene rings is 1. The Morgan fingerprint density at radius 3 is 2.41 bits per heavy atom. The maximum absolute atomic E-state index is 12.4. The van der Waals surface area contributed by atoms with Crippen molar-refractivity contribution in [1.29, 1.82) is 0 Å². The van der Waals surface area contributed by atoms with E-state index >= 15 is 0 Å². The Morgan fingerprint density at radius 1 is 1.21 bits per heavy atom. The second-order valence-electron chi connectivity index (χ2n) is 7.61. The quantitative estimate of drug-likeness (QED) is 0.595. The number of quaternary nitrogens is 1. The lowest BCUT2D eigenvalue weighted by atomic mass is 10.2. The van der Waals surface area contributed by atoms with Crippen molar-refractivity contribution in [1.82, 2.24) is 9.21 Å². The van der Waals surface area contributed by atoms with Crippen LogP contribution >= 0.6 is 0 Å². The minimum absolute atomic E-state index is 0.0683. The van der Waals surface area contributed by atoms with Gasteiger partial charge in [0.25, 0.3) is 11.8 Å². The van der Waals surface area contributed by atoms with Crippen LogP contribution in [0.1, 0.15) is 12.8 Å². The molecule has 0 unspecified atom stereocenters. The molecule has 3 rings (SSSR count). The largest absolute Gasteiger partial charge is 0.368 e. The number of nitrogens with zero attached hydrogens (tertiary/aromatic N) is 2. The van der Waals surface area contributed by atoms with E-state index in [4.69, 9.17) is 4.74 Å². The number of piperazine rings is 1. The molecule has 10 heteroatoms. The minimum Gasteiger partial charge on any atom is -0.368 e. The third-order valence-corrected chi connectivity index (χ3v) is 7.14. The fraction of sp³-hybridized carbons (Fsp3) is 0.579. The first-order valence-electron chi connectivity index (χ1n) is 9.84. The summed E-state index contributed by atoms with van der Waals surface area (Å²) >= 11 is 0. The molecule has 2 heterocycles. The normalized spacial score (nSPS) is 20.8. The molecule has 1 aromatic rings. The van der Waals surface area contributed by atoms with E-state index in [1.165, 1.54) is 26.2 Å². The predicted molar refractivity (Wildman–Crippen MR) is 107 cm³/mol. The molecule has 2 N–H and O–H groups in total. The molecular formula is C19H29N4O5S+. The van der Waals surface area contributed by atoms with Crippen LogP contribution in [-0.4, -0.2) is 89.0 Å². The van der Waals surface area contributed by atoms with Crippen LogP contribution in [0.5, 0.6) is 0 Å². The number of rotatable bonds is 6. The lowest BCUT2D eigenvalue weighted by molar-refractivity contribution is -0.895. The molecule has 2 aliphatic heterocycles. The summed E-state index contributed by atoms with van der Waals surface area (Å²) in [7, 11) is -0.540. The highest BCUT2D eigenvalue weighted by Crippen LogP contribution is 2.17. The van der Waals surface area contributed by atoms with Gasteiger partial charge in [0.2, 0.25) is 10.0 Å². The third-order valence-electron chi connectivity index (χ3n) is 5.31. The molecule has 2 aliphatic rings. The number of ether oxygens (including phenoxy) is 1. The third kappa shape index (κ3) is 5.33. The molecule has 1 aromatic carbocycles. The summed E-state index contributed by atoms with van der Waals surface area (Å²) in [6.07, 6.45) is 1.44. The second-order valence-corrected chi connectivity index (χ2v) is 9.77. The summed E-state index contributed by atoms with van der Waals surface area (Å²) < 4.78 is 30.8. The standard InChI is InChI=1S/C19H28N4O5S/c1-21(2)29(26,27)16-7-5-15(6-8-16)20-18(24)14-22-9-11-23(12-10-22)19(25)17-4-3-13-28-17/h5-8,17H,3-4,9-14H2,1-2H3,(H,20,24)/p+1/t17-/m1/s1. The summed E-state index contributed by atoms with van der Waals surface area (Å²) in [4.78, 5) is 27.8. The summed E-state index contributed by atoms with van der Waals surface area (Å²) in [5, 5.41) is 2.81. The molecule has 2 saturated heterocycles. The van der Waals surface area contributed by atoms with Crippen LogP contribution in [0.3, 0.4) is 0 Å². The van der Waals surface area contributed by atoms with Crippen molar-refractivity contribution in [2.24, 2.45) is 0 Å². The van der Waals surface area contributed by atoms with Gasteiger partial charge in [-0.25, -0.2) is 12.7 Å². The molecular weight excluding hydrogens is 396 g/mol. The average Bonchev–Trinajstić information content (AvgIpc) is 3.23. The first kappa shape index (κ1) is 21.7. The summed E-state index contributed by atoms with van der Waals surface area (Å²) in [5.41, 5.74) is 0.555. The van der Waals surface area contributed by atoms with E-state index in [9.17, 15) is 18.0 Å². The van der Waals surface area contributed by atoms with Crippen molar-refractivity contribution in [2.45, 2.75) is 23.8 Å². The molecule has 0 aliphatic carbocycles. The van der Waals surface area contributed by atoms with Crippen molar-refractivity contribution in [3.05, 3.63) is 24.3 Å². The van der Waals surface area contributed by atoms with Crippen molar-refractivity contribution in [3.8, 4) is 0 Å². The summed E-state index contributed by atoms with van der Waals surface area (Å²) in [5.74, 6) is -0.0686. The molecule has 0 aromatic heterocycles. The van der Waals surface area contributed by atoms with Crippen molar-refractivity contribution in [2.75, 3.05) is 58.7 Å². The topological polar surface area (TPSA) is 100 Å². The maximum Gasteiger partial charge on any atom is 0.279 e. The number of anilines is 1. The Balaban J connectivity index is 1.46. The Morgan fingerprint density at radius 2 is 1.86 bits per heavy atom. The monoisotopic (exact) mass is 425 g/mol. The van der Waals surface area contributed by atoms with Gasteiger partial charge >= 0.3 is 0 Å². The highest BCUT2D eigenvalue weighted by Gasteiger charge is 2.32. The van der Waals surface area contributed by atoms with Gasteiger partial charge in [0.05, 0.1) is 31.1 Å². The lowest BCUT2D eigenvalue weighted by Crippen LogP contribution is -3.15. The second kappa shape index (κ2) is 9.21. The zero-order chi connectivity index (χ0) is 21.0. The van der Waals surface area contributed by atoms with Gasteiger partial charge in [-0.1, -0.05) is 0 Å². The Hall–Kier alpha value is -2.01. The predicted octanol–water partition coefficient (Wildman–Crippen LogP) is -1.22. The highest BCUT2D eigenvalue weighted by atomic mass is 32.2. The number of carbonyl (C=O) groups is 2. The number of amides is 2. The lowest BCUT2D eigenvalue weighted by Gasteiger charge is -2.33. The van der Waals surface area contributed by atoms with E-state index in [2.05, 4.69) is 5.32 Å². The Kier molecular flexibility index (Phi) is 6.89.